The lowest BCUT2D eigenvalue weighted by atomic mass is 9.64. The van der Waals surface area contributed by atoms with Gasteiger partial charge in [-0.05, 0) is 30.6 Å². The Hall–Kier alpha value is -2.71. The van der Waals surface area contributed by atoms with Crippen LogP contribution in [0.3, 0.4) is 0 Å². The first-order valence-electron chi connectivity index (χ1n) is 8.94. The van der Waals surface area contributed by atoms with Gasteiger partial charge < -0.3 is 15.4 Å². The van der Waals surface area contributed by atoms with E-state index in [1.54, 1.807) is 0 Å². The average molecular weight is 375 g/mol. The van der Waals surface area contributed by atoms with Crippen molar-refractivity contribution >= 4 is 23.7 Å². The zero-order valence-corrected chi connectivity index (χ0v) is 16.0. The Bertz CT molecular complexity index is 781. The molecule has 0 radical (unpaired) electrons. The first-order chi connectivity index (χ1) is 12.7. The molecule has 9 nitrogen and oxygen atoms in total. The van der Waals surface area contributed by atoms with Gasteiger partial charge in [-0.25, -0.2) is 14.8 Å². The molecule has 2 N–H and O–H groups in total. The highest BCUT2D eigenvalue weighted by molar-refractivity contribution is 6.10. The minimum absolute atomic E-state index is 0.0623. The van der Waals surface area contributed by atoms with Crippen LogP contribution in [0.4, 0.5) is 10.6 Å². The number of carbonyl (C=O) groups excluding carboxylic acids is 3. The SMILES string of the molecule is COc1cncnc1NC(=O)CN1C(=O)NC2(CC(C)CC(C)(C)C2)C1=O. The van der Waals surface area contributed by atoms with Gasteiger partial charge in [-0.3, -0.25) is 14.5 Å². The fraction of sp³-hybridized carbons (Fsp3) is 0.611. The highest BCUT2D eigenvalue weighted by Gasteiger charge is 2.56. The van der Waals surface area contributed by atoms with E-state index in [4.69, 9.17) is 4.74 Å². The fourth-order valence-corrected chi connectivity index (χ4v) is 4.52. The Balaban J connectivity index is 1.73. The van der Waals surface area contributed by atoms with Crippen LogP contribution in [0.25, 0.3) is 0 Å². The van der Waals surface area contributed by atoms with E-state index in [0.717, 1.165) is 11.3 Å². The number of aromatic nitrogens is 2. The summed E-state index contributed by atoms with van der Waals surface area (Å²) in [6.07, 6.45) is 4.82. The Morgan fingerprint density at radius 3 is 2.81 bits per heavy atom. The van der Waals surface area contributed by atoms with Crippen LogP contribution in [0.2, 0.25) is 0 Å². The van der Waals surface area contributed by atoms with E-state index in [9.17, 15) is 14.4 Å². The molecule has 2 heterocycles. The van der Waals surface area contributed by atoms with Crippen molar-refractivity contribution in [2.24, 2.45) is 11.3 Å². The van der Waals surface area contributed by atoms with E-state index in [1.807, 2.05) is 0 Å². The summed E-state index contributed by atoms with van der Waals surface area (Å²) >= 11 is 0. The molecule has 2 unspecified atom stereocenters. The van der Waals surface area contributed by atoms with E-state index in [2.05, 4.69) is 41.4 Å². The molecule has 3 rings (SSSR count). The van der Waals surface area contributed by atoms with Crippen LogP contribution in [0, 0.1) is 11.3 Å². The lowest BCUT2D eigenvalue weighted by molar-refractivity contribution is -0.136. The summed E-state index contributed by atoms with van der Waals surface area (Å²) in [4.78, 5) is 46.6. The van der Waals surface area contributed by atoms with Crippen molar-refractivity contribution in [1.82, 2.24) is 20.2 Å². The molecule has 1 aliphatic heterocycles. The molecular weight excluding hydrogens is 350 g/mol. The molecule has 1 aliphatic carbocycles. The van der Waals surface area contributed by atoms with Crippen molar-refractivity contribution in [3.05, 3.63) is 12.5 Å². The van der Waals surface area contributed by atoms with Gasteiger partial charge in [-0.2, -0.15) is 0 Å². The molecule has 1 aromatic heterocycles. The summed E-state index contributed by atoms with van der Waals surface area (Å²) < 4.78 is 5.08. The fourth-order valence-electron chi connectivity index (χ4n) is 4.52. The van der Waals surface area contributed by atoms with E-state index in [-0.39, 0.29) is 23.7 Å². The molecule has 1 saturated carbocycles. The van der Waals surface area contributed by atoms with Gasteiger partial charge in [-0.15, -0.1) is 0 Å². The number of methoxy groups -OCH3 is 1. The zero-order valence-electron chi connectivity index (χ0n) is 16.0. The molecule has 9 heteroatoms. The Morgan fingerprint density at radius 1 is 1.41 bits per heavy atom. The number of anilines is 1. The van der Waals surface area contributed by atoms with Crippen LogP contribution in [0.15, 0.2) is 12.5 Å². The Kier molecular flexibility index (Phi) is 4.79. The van der Waals surface area contributed by atoms with Crippen molar-refractivity contribution in [1.29, 1.82) is 0 Å². The van der Waals surface area contributed by atoms with Crippen molar-refractivity contribution in [3.63, 3.8) is 0 Å². The molecule has 1 spiro atoms. The summed E-state index contributed by atoms with van der Waals surface area (Å²) in [7, 11) is 1.43. The van der Waals surface area contributed by atoms with Gasteiger partial charge in [-0.1, -0.05) is 20.8 Å². The minimum Gasteiger partial charge on any atom is -0.491 e. The molecule has 2 aliphatic rings. The molecule has 2 fully saturated rings. The number of rotatable bonds is 4. The first kappa shape index (κ1) is 19.1. The van der Waals surface area contributed by atoms with Gasteiger partial charge in [0.15, 0.2) is 11.6 Å². The third-order valence-electron chi connectivity index (χ3n) is 5.08. The van der Waals surface area contributed by atoms with Crippen LogP contribution in [0.5, 0.6) is 5.75 Å². The lowest BCUT2D eigenvalue weighted by Gasteiger charge is -2.43. The van der Waals surface area contributed by atoms with Crippen molar-refractivity contribution in [2.45, 2.75) is 45.6 Å². The standard InChI is InChI=1S/C18H25N5O4/c1-11-5-17(2,3)9-18(6-11)15(25)23(16(26)22-18)8-13(24)21-14-12(27-4)7-19-10-20-14/h7,10-11H,5-6,8-9H2,1-4H3,(H,22,26)(H,19,20,21,24). The highest BCUT2D eigenvalue weighted by atomic mass is 16.5. The van der Waals surface area contributed by atoms with E-state index >= 15 is 0 Å². The van der Waals surface area contributed by atoms with Gasteiger partial charge in [0.1, 0.15) is 18.4 Å². The summed E-state index contributed by atoms with van der Waals surface area (Å²) in [5.74, 6) is -0.0845. The van der Waals surface area contributed by atoms with Gasteiger partial charge in [0.2, 0.25) is 5.91 Å². The summed E-state index contributed by atoms with van der Waals surface area (Å²) in [5.41, 5.74) is -0.988. The van der Waals surface area contributed by atoms with Gasteiger partial charge >= 0.3 is 6.03 Å². The number of imide groups is 1. The van der Waals surface area contributed by atoms with Gasteiger partial charge in [0, 0.05) is 0 Å². The maximum atomic E-state index is 13.0. The number of urea groups is 1. The molecule has 27 heavy (non-hydrogen) atoms. The van der Waals surface area contributed by atoms with Crippen LogP contribution < -0.4 is 15.4 Å². The topological polar surface area (TPSA) is 114 Å². The molecule has 0 aromatic carbocycles. The molecular formula is C18H25N5O4. The summed E-state index contributed by atoms with van der Waals surface area (Å²) in [5, 5.41) is 5.41. The van der Waals surface area contributed by atoms with Crippen LogP contribution in [-0.2, 0) is 9.59 Å². The second-order valence-corrected chi connectivity index (χ2v) is 8.25. The van der Waals surface area contributed by atoms with Crippen LogP contribution >= 0.6 is 0 Å². The normalized spacial score (nSPS) is 26.8. The Labute approximate surface area is 157 Å². The number of amides is 4. The highest BCUT2D eigenvalue weighted by Crippen LogP contribution is 2.46. The molecule has 146 valence electrons. The maximum absolute atomic E-state index is 13.0. The lowest BCUT2D eigenvalue weighted by Crippen LogP contribution is -2.54. The average Bonchev–Trinajstić information content (AvgIpc) is 2.77. The predicted octanol–water partition coefficient (Wildman–Crippen LogP) is 1.56. The summed E-state index contributed by atoms with van der Waals surface area (Å²) in [6.45, 7) is 5.90. The van der Waals surface area contributed by atoms with E-state index < -0.39 is 17.5 Å². The number of ether oxygens (including phenoxy) is 1. The number of hydrogen-bond donors (Lipinski definition) is 2. The smallest absolute Gasteiger partial charge is 0.325 e. The van der Waals surface area contributed by atoms with Crippen molar-refractivity contribution < 1.29 is 19.1 Å². The molecule has 4 amide bonds. The van der Waals surface area contributed by atoms with Crippen molar-refractivity contribution in [2.75, 3.05) is 19.0 Å². The molecule has 0 bridgehead atoms. The van der Waals surface area contributed by atoms with Crippen LogP contribution in [0.1, 0.15) is 40.0 Å². The summed E-state index contributed by atoms with van der Waals surface area (Å²) in [6, 6.07) is -0.533. The quantitative estimate of drug-likeness (QED) is 0.772. The van der Waals surface area contributed by atoms with Crippen molar-refractivity contribution in [3.8, 4) is 5.75 Å². The van der Waals surface area contributed by atoms with Crippen LogP contribution in [-0.4, -0.2) is 51.9 Å². The van der Waals surface area contributed by atoms with E-state index in [1.165, 1.54) is 19.6 Å². The Morgan fingerprint density at radius 2 is 2.15 bits per heavy atom. The second-order valence-electron chi connectivity index (χ2n) is 8.25. The largest absolute Gasteiger partial charge is 0.491 e. The van der Waals surface area contributed by atoms with Gasteiger partial charge in [0.05, 0.1) is 13.3 Å². The third-order valence-corrected chi connectivity index (χ3v) is 5.08. The number of nitrogens with one attached hydrogen (secondary N) is 2. The zero-order chi connectivity index (χ0) is 19.8. The monoisotopic (exact) mass is 375 g/mol. The molecule has 1 aromatic rings. The number of carbonyl (C=O) groups is 3. The first-order valence-corrected chi connectivity index (χ1v) is 8.94. The van der Waals surface area contributed by atoms with E-state index in [0.29, 0.717) is 24.5 Å². The maximum Gasteiger partial charge on any atom is 0.325 e. The third kappa shape index (κ3) is 3.72. The number of nitrogens with zero attached hydrogens (tertiary/aromatic N) is 3. The van der Waals surface area contributed by atoms with Gasteiger partial charge in [0.25, 0.3) is 5.91 Å². The predicted molar refractivity (Wildman–Crippen MR) is 97.0 cm³/mol. The molecule has 2 atom stereocenters. The number of hydrogen-bond acceptors (Lipinski definition) is 6. The minimum atomic E-state index is -0.925. The molecule has 1 saturated heterocycles. The second kappa shape index (κ2) is 6.79.